The quantitative estimate of drug-likeness (QED) is 0.553. The molecule has 0 atom stereocenters. The summed E-state index contributed by atoms with van der Waals surface area (Å²) in [6.45, 7) is 6.79. The van der Waals surface area contributed by atoms with Crippen LogP contribution < -0.4 is 5.32 Å². The topological polar surface area (TPSA) is 12.0 Å². The molecule has 1 aromatic rings. The van der Waals surface area contributed by atoms with E-state index in [9.17, 15) is 4.39 Å². The van der Waals surface area contributed by atoms with Crippen molar-refractivity contribution in [2.24, 2.45) is 0 Å². The fraction of sp³-hybridized carbons (Fsp3) is 0.273. The number of hydrogen-bond acceptors (Lipinski definition) is 1. The van der Waals surface area contributed by atoms with Gasteiger partial charge in [-0.3, -0.25) is 0 Å². The lowest BCUT2D eigenvalue weighted by atomic mass is 10.1. The molecule has 0 heterocycles. The Hall–Kier alpha value is -1.15. The number of benzene rings is 1. The second-order valence-corrected chi connectivity index (χ2v) is 3.01. The zero-order chi connectivity index (χ0) is 9.68. The Labute approximate surface area is 78.3 Å². The van der Waals surface area contributed by atoms with Crippen LogP contribution >= 0.6 is 0 Å². The molecule has 0 radical (unpaired) electrons. The van der Waals surface area contributed by atoms with Gasteiger partial charge in [0.1, 0.15) is 5.82 Å². The Balaban J connectivity index is 2.64. The van der Waals surface area contributed by atoms with Crippen molar-refractivity contribution >= 4 is 0 Å². The van der Waals surface area contributed by atoms with Gasteiger partial charge in [0.25, 0.3) is 0 Å². The van der Waals surface area contributed by atoms with E-state index in [1.807, 2.05) is 13.0 Å². The van der Waals surface area contributed by atoms with E-state index in [4.69, 9.17) is 0 Å². The first-order valence-electron chi connectivity index (χ1n) is 4.30. The second kappa shape index (κ2) is 4.77. The molecule has 0 aliphatic rings. The van der Waals surface area contributed by atoms with Crippen molar-refractivity contribution in [1.82, 2.24) is 5.32 Å². The predicted molar refractivity (Wildman–Crippen MR) is 53.0 cm³/mol. The molecular weight excluding hydrogens is 165 g/mol. The summed E-state index contributed by atoms with van der Waals surface area (Å²) < 4.78 is 13.1. The van der Waals surface area contributed by atoms with Gasteiger partial charge in [-0.1, -0.05) is 23.8 Å². The van der Waals surface area contributed by atoms with E-state index in [1.54, 1.807) is 12.1 Å². The Bertz CT molecular complexity index is 294. The van der Waals surface area contributed by atoms with E-state index in [0.29, 0.717) is 18.7 Å². The van der Waals surface area contributed by atoms with Crippen LogP contribution in [-0.4, -0.2) is 6.54 Å². The van der Waals surface area contributed by atoms with Crippen LogP contribution in [0.2, 0.25) is 0 Å². The predicted octanol–water partition coefficient (Wildman–Crippen LogP) is 2.41. The minimum atomic E-state index is -0.151. The molecule has 0 unspecified atom stereocenters. The van der Waals surface area contributed by atoms with E-state index in [0.717, 1.165) is 5.56 Å². The van der Waals surface area contributed by atoms with Gasteiger partial charge in [0.05, 0.1) is 0 Å². The molecule has 0 aromatic heterocycles. The smallest absolute Gasteiger partial charge is 0.127 e. The summed E-state index contributed by atoms with van der Waals surface area (Å²) in [4.78, 5) is 0. The standard InChI is InChI=1S/C11H14FN/c1-3-6-13-8-10-7-9(2)4-5-11(10)12/h3-5,7,13H,1,6,8H2,2H3. The highest BCUT2D eigenvalue weighted by Gasteiger charge is 2.00. The minimum Gasteiger partial charge on any atom is -0.309 e. The van der Waals surface area contributed by atoms with Gasteiger partial charge >= 0.3 is 0 Å². The summed E-state index contributed by atoms with van der Waals surface area (Å²) in [5, 5.41) is 3.06. The van der Waals surface area contributed by atoms with Crippen LogP contribution in [0.3, 0.4) is 0 Å². The van der Waals surface area contributed by atoms with Crippen LogP contribution in [0.4, 0.5) is 4.39 Å². The highest BCUT2D eigenvalue weighted by atomic mass is 19.1. The molecule has 70 valence electrons. The molecule has 0 saturated carbocycles. The van der Waals surface area contributed by atoms with Crippen molar-refractivity contribution in [2.75, 3.05) is 6.54 Å². The van der Waals surface area contributed by atoms with Gasteiger partial charge in [-0.05, 0) is 13.0 Å². The van der Waals surface area contributed by atoms with Crippen LogP contribution in [0.25, 0.3) is 0 Å². The molecule has 1 nitrogen and oxygen atoms in total. The molecule has 0 fully saturated rings. The van der Waals surface area contributed by atoms with Gasteiger partial charge in [-0.15, -0.1) is 6.58 Å². The first kappa shape index (κ1) is 9.93. The normalized spacial score (nSPS) is 10.0. The van der Waals surface area contributed by atoms with Crippen molar-refractivity contribution < 1.29 is 4.39 Å². The van der Waals surface area contributed by atoms with Gasteiger partial charge in [0.15, 0.2) is 0 Å². The molecular formula is C11H14FN. The SMILES string of the molecule is C=CCNCc1cc(C)ccc1F. The first-order chi connectivity index (χ1) is 6.24. The number of nitrogens with one attached hydrogen (secondary N) is 1. The van der Waals surface area contributed by atoms with Crippen LogP contribution in [-0.2, 0) is 6.54 Å². The number of aryl methyl sites for hydroxylation is 1. The van der Waals surface area contributed by atoms with E-state index in [1.165, 1.54) is 6.07 Å². The zero-order valence-corrected chi connectivity index (χ0v) is 7.81. The molecule has 0 spiro atoms. The molecule has 0 saturated heterocycles. The van der Waals surface area contributed by atoms with Gasteiger partial charge < -0.3 is 5.32 Å². The Morgan fingerprint density at radius 2 is 2.31 bits per heavy atom. The third-order valence-corrected chi connectivity index (χ3v) is 1.81. The van der Waals surface area contributed by atoms with Gasteiger partial charge in [0, 0.05) is 18.7 Å². The third kappa shape index (κ3) is 2.99. The molecule has 0 aliphatic heterocycles. The third-order valence-electron chi connectivity index (χ3n) is 1.81. The summed E-state index contributed by atoms with van der Waals surface area (Å²) in [5.41, 5.74) is 1.79. The van der Waals surface area contributed by atoms with E-state index >= 15 is 0 Å². The summed E-state index contributed by atoms with van der Waals surface area (Å²) in [6, 6.07) is 5.12. The highest BCUT2D eigenvalue weighted by molar-refractivity contribution is 5.23. The summed E-state index contributed by atoms with van der Waals surface area (Å²) >= 11 is 0. The van der Waals surface area contributed by atoms with Crippen LogP contribution in [0.1, 0.15) is 11.1 Å². The van der Waals surface area contributed by atoms with Crippen molar-refractivity contribution in [3.63, 3.8) is 0 Å². The average molecular weight is 179 g/mol. The second-order valence-electron chi connectivity index (χ2n) is 3.01. The molecule has 1 aromatic carbocycles. The molecule has 0 bridgehead atoms. The number of rotatable bonds is 4. The monoisotopic (exact) mass is 179 g/mol. The maximum Gasteiger partial charge on any atom is 0.127 e. The van der Waals surface area contributed by atoms with Gasteiger partial charge in [-0.25, -0.2) is 4.39 Å². The minimum absolute atomic E-state index is 0.151. The van der Waals surface area contributed by atoms with Crippen molar-refractivity contribution in [3.8, 4) is 0 Å². The lowest BCUT2D eigenvalue weighted by Gasteiger charge is -2.04. The van der Waals surface area contributed by atoms with Crippen LogP contribution in [0, 0.1) is 12.7 Å². The van der Waals surface area contributed by atoms with Gasteiger partial charge in [-0.2, -0.15) is 0 Å². The number of hydrogen-bond donors (Lipinski definition) is 1. The summed E-state index contributed by atoms with van der Waals surface area (Å²) in [7, 11) is 0. The lowest BCUT2D eigenvalue weighted by molar-refractivity contribution is 0.596. The first-order valence-corrected chi connectivity index (χ1v) is 4.30. The molecule has 0 aliphatic carbocycles. The van der Waals surface area contributed by atoms with E-state index in [2.05, 4.69) is 11.9 Å². The highest BCUT2D eigenvalue weighted by Crippen LogP contribution is 2.09. The zero-order valence-electron chi connectivity index (χ0n) is 7.81. The van der Waals surface area contributed by atoms with Crippen molar-refractivity contribution in [2.45, 2.75) is 13.5 Å². The summed E-state index contributed by atoms with van der Waals surface area (Å²) in [6.07, 6.45) is 1.76. The fourth-order valence-electron chi connectivity index (χ4n) is 1.15. The molecule has 0 amide bonds. The average Bonchev–Trinajstić information content (AvgIpc) is 2.11. The maximum absolute atomic E-state index is 13.1. The Morgan fingerprint density at radius 1 is 1.54 bits per heavy atom. The Kier molecular flexibility index (Phi) is 3.65. The van der Waals surface area contributed by atoms with E-state index in [-0.39, 0.29) is 5.82 Å². The largest absolute Gasteiger partial charge is 0.309 e. The number of halogens is 1. The van der Waals surface area contributed by atoms with Crippen LogP contribution in [0.15, 0.2) is 30.9 Å². The fourth-order valence-corrected chi connectivity index (χ4v) is 1.15. The molecule has 1 rings (SSSR count). The summed E-state index contributed by atoms with van der Waals surface area (Å²) in [5.74, 6) is -0.151. The van der Waals surface area contributed by atoms with Crippen molar-refractivity contribution in [3.05, 3.63) is 47.8 Å². The molecule has 13 heavy (non-hydrogen) atoms. The lowest BCUT2D eigenvalue weighted by Crippen LogP contribution is -2.13. The molecule has 2 heteroatoms. The molecule has 1 N–H and O–H groups in total. The van der Waals surface area contributed by atoms with Crippen molar-refractivity contribution in [1.29, 1.82) is 0 Å². The van der Waals surface area contributed by atoms with Gasteiger partial charge in [0.2, 0.25) is 0 Å². The van der Waals surface area contributed by atoms with E-state index < -0.39 is 0 Å². The van der Waals surface area contributed by atoms with Crippen LogP contribution in [0.5, 0.6) is 0 Å². The Morgan fingerprint density at radius 3 is 3.00 bits per heavy atom. The maximum atomic E-state index is 13.1.